The molecular weight excluding hydrogens is 239 g/mol. The number of aromatic nitrogens is 1. The fourth-order valence-corrected chi connectivity index (χ4v) is 1.98. The third-order valence-corrected chi connectivity index (χ3v) is 2.71. The van der Waals surface area contributed by atoms with Crippen molar-refractivity contribution in [2.75, 3.05) is 0 Å². The lowest BCUT2D eigenvalue weighted by Gasteiger charge is -2.11. The summed E-state index contributed by atoms with van der Waals surface area (Å²) in [5, 5.41) is 0.164. The van der Waals surface area contributed by atoms with E-state index in [1.165, 1.54) is 12.1 Å². The van der Waals surface area contributed by atoms with Crippen LogP contribution in [0.15, 0.2) is 30.3 Å². The largest absolute Gasteiger partial charge is 0.417 e. The molecule has 0 aliphatic rings. The van der Waals surface area contributed by atoms with Crippen LogP contribution >= 0.6 is 0 Å². The van der Waals surface area contributed by atoms with E-state index in [1.54, 1.807) is 12.1 Å². The molecule has 2 rings (SSSR count). The minimum atomic E-state index is -4.33. The van der Waals surface area contributed by atoms with Crippen LogP contribution in [0.3, 0.4) is 0 Å². The van der Waals surface area contributed by atoms with Crippen LogP contribution in [-0.4, -0.2) is 4.98 Å². The van der Waals surface area contributed by atoms with Gasteiger partial charge in [-0.3, -0.25) is 4.98 Å². The summed E-state index contributed by atoms with van der Waals surface area (Å²) in [4.78, 5) is 4.29. The first-order valence-electron chi connectivity index (χ1n) is 5.84. The number of alkyl halides is 3. The quantitative estimate of drug-likeness (QED) is 0.770. The molecule has 0 radical (unpaired) electrons. The Morgan fingerprint density at radius 3 is 2.44 bits per heavy atom. The minimum Gasteiger partial charge on any atom is -0.253 e. The zero-order chi connectivity index (χ0) is 13.3. The second-order valence-corrected chi connectivity index (χ2v) is 4.77. The van der Waals surface area contributed by atoms with Crippen molar-refractivity contribution < 1.29 is 13.2 Å². The summed E-state index contributed by atoms with van der Waals surface area (Å²) in [6.45, 7) is 4.11. The molecule has 0 aliphatic heterocycles. The molecule has 1 aromatic heterocycles. The summed E-state index contributed by atoms with van der Waals surface area (Å²) in [6.07, 6.45) is -3.56. The second-order valence-electron chi connectivity index (χ2n) is 4.77. The Morgan fingerprint density at radius 1 is 1.11 bits per heavy atom. The number of fused-ring (bicyclic) bond motifs is 1. The van der Waals surface area contributed by atoms with Gasteiger partial charge in [0.2, 0.25) is 0 Å². The van der Waals surface area contributed by atoms with E-state index in [2.05, 4.69) is 18.8 Å². The van der Waals surface area contributed by atoms with Crippen molar-refractivity contribution in [1.29, 1.82) is 0 Å². The molecule has 1 nitrogen and oxygen atoms in total. The molecule has 0 bridgehead atoms. The molecular formula is C14H14F3N. The molecule has 0 aliphatic carbocycles. The van der Waals surface area contributed by atoms with Crippen LogP contribution < -0.4 is 0 Å². The Hall–Kier alpha value is -1.58. The van der Waals surface area contributed by atoms with Gasteiger partial charge in [-0.1, -0.05) is 26.0 Å². The first-order chi connectivity index (χ1) is 8.38. The van der Waals surface area contributed by atoms with Crippen molar-refractivity contribution in [3.63, 3.8) is 0 Å². The molecule has 1 heterocycles. The van der Waals surface area contributed by atoms with Crippen LogP contribution in [-0.2, 0) is 12.6 Å². The van der Waals surface area contributed by atoms with E-state index in [0.29, 0.717) is 11.4 Å². The highest BCUT2D eigenvalue weighted by Crippen LogP contribution is 2.34. The van der Waals surface area contributed by atoms with Crippen LogP contribution in [0.4, 0.5) is 13.2 Å². The summed E-state index contributed by atoms with van der Waals surface area (Å²) < 4.78 is 38.4. The van der Waals surface area contributed by atoms with E-state index < -0.39 is 11.7 Å². The second kappa shape index (κ2) is 4.59. The van der Waals surface area contributed by atoms with Crippen molar-refractivity contribution in [2.45, 2.75) is 26.4 Å². The predicted molar refractivity (Wildman–Crippen MR) is 65.3 cm³/mol. The predicted octanol–water partition coefficient (Wildman–Crippen LogP) is 4.45. The molecule has 0 spiro atoms. The molecule has 2 aromatic rings. The highest BCUT2D eigenvalue weighted by molar-refractivity contribution is 5.82. The number of hydrogen-bond acceptors (Lipinski definition) is 1. The maximum Gasteiger partial charge on any atom is 0.417 e. The summed E-state index contributed by atoms with van der Waals surface area (Å²) in [6, 6.07) is 7.30. The Morgan fingerprint density at radius 2 is 1.83 bits per heavy atom. The van der Waals surface area contributed by atoms with Gasteiger partial charge in [0, 0.05) is 11.1 Å². The molecule has 18 heavy (non-hydrogen) atoms. The van der Waals surface area contributed by atoms with Crippen molar-refractivity contribution in [3.05, 3.63) is 41.6 Å². The van der Waals surface area contributed by atoms with Gasteiger partial charge in [0.25, 0.3) is 0 Å². The van der Waals surface area contributed by atoms with Crippen LogP contribution in [0.5, 0.6) is 0 Å². The first-order valence-corrected chi connectivity index (χ1v) is 5.84. The van der Waals surface area contributed by atoms with Gasteiger partial charge in [0.15, 0.2) is 0 Å². The number of hydrogen-bond donors (Lipinski definition) is 0. The topological polar surface area (TPSA) is 12.9 Å². The molecule has 4 heteroatoms. The third-order valence-electron chi connectivity index (χ3n) is 2.71. The Balaban J connectivity index is 2.53. The number of benzene rings is 1. The van der Waals surface area contributed by atoms with Gasteiger partial charge < -0.3 is 0 Å². The fourth-order valence-electron chi connectivity index (χ4n) is 1.98. The molecule has 0 unspecified atom stereocenters. The van der Waals surface area contributed by atoms with Crippen LogP contribution in [0, 0.1) is 5.92 Å². The average molecular weight is 253 g/mol. The van der Waals surface area contributed by atoms with E-state index >= 15 is 0 Å². The van der Waals surface area contributed by atoms with Crippen LogP contribution in [0.1, 0.15) is 25.1 Å². The maximum absolute atomic E-state index is 12.8. The lowest BCUT2D eigenvalue weighted by atomic mass is 10.0. The van der Waals surface area contributed by atoms with Gasteiger partial charge >= 0.3 is 6.18 Å². The number of pyridine rings is 1. The maximum atomic E-state index is 12.8. The highest BCUT2D eigenvalue weighted by atomic mass is 19.4. The Bertz CT molecular complexity index is 558. The first kappa shape index (κ1) is 12.9. The Labute approximate surface area is 104 Å². The van der Waals surface area contributed by atoms with E-state index in [-0.39, 0.29) is 5.39 Å². The molecule has 0 atom stereocenters. The summed E-state index contributed by atoms with van der Waals surface area (Å²) >= 11 is 0. The fraction of sp³-hybridized carbons (Fsp3) is 0.357. The normalized spacial score (nSPS) is 12.3. The minimum absolute atomic E-state index is 0.164. The highest BCUT2D eigenvalue weighted by Gasteiger charge is 2.32. The molecule has 96 valence electrons. The molecule has 0 amide bonds. The lowest BCUT2D eigenvalue weighted by molar-refractivity contribution is -0.136. The molecule has 0 fully saturated rings. The molecule has 0 saturated carbocycles. The standard InChI is InChI=1S/C14H14F3N/c1-9(2)8-10-6-7-11-12(14(15,16)17)4-3-5-13(11)18-10/h3-7,9H,8H2,1-2H3. The molecule has 1 aromatic carbocycles. The summed E-state index contributed by atoms with van der Waals surface area (Å²) in [5.41, 5.74) is 0.614. The number of rotatable bonds is 2. The summed E-state index contributed by atoms with van der Waals surface area (Å²) in [5.74, 6) is 0.431. The van der Waals surface area contributed by atoms with Crippen molar-refractivity contribution in [2.24, 2.45) is 5.92 Å². The van der Waals surface area contributed by atoms with Crippen molar-refractivity contribution in [3.8, 4) is 0 Å². The smallest absolute Gasteiger partial charge is 0.253 e. The van der Waals surface area contributed by atoms with Gasteiger partial charge in [-0.25, -0.2) is 0 Å². The zero-order valence-corrected chi connectivity index (χ0v) is 10.3. The Kier molecular flexibility index (Phi) is 3.28. The molecule has 0 saturated heterocycles. The van der Waals surface area contributed by atoms with Gasteiger partial charge in [0.05, 0.1) is 11.1 Å². The van der Waals surface area contributed by atoms with E-state index in [1.807, 2.05) is 0 Å². The summed E-state index contributed by atoms with van der Waals surface area (Å²) in [7, 11) is 0. The lowest BCUT2D eigenvalue weighted by Crippen LogP contribution is -2.06. The number of halogens is 3. The SMILES string of the molecule is CC(C)Cc1ccc2c(C(F)(F)F)cccc2n1. The van der Waals surface area contributed by atoms with E-state index in [0.717, 1.165) is 18.2 Å². The number of nitrogens with zero attached hydrogens (tertiary/aromatic N) is 1. The average Bonchev–Trinajstić information content (AvgIpc) is 2.25. The van der Waals surface area contributed by atoms with Gasteiger partial charge in [-0.05, 0) is 30.5 Å². The van der Waals surface area contributed by atoms with Gasteiger partial charge in [-0.15, -0.1) is 0 Å². The monoisotopic (exact) mass is 253 g/mol. The van der Waals surface area contributed by atoms with Gasteiger partial charge in [-0.2, -0.15) is 13.2 Å². The van der Waals surface area contributed by atoms with Crippen molar-refractivity contribution >= 4 is 10.9 Å². The van der Waals surface area contributed by atoms with Gasteiger partial charge in [0.1, 0.15) is 0 Å². The van der Waals surface area contributed by atoms with E-state index in [9.17, 15) is 13.2 Å². The van der Waals surface area contributed by atoms with Crippen LogP contribution in [0.25, 0.3) is 10.9 Å². The van der Waals surface area contributed by atoms with Crippen LogP contribution in [0.2, 0.25) is 0 Å². The zero-order valence-electron chi connectivity index (χ0n) is 10.3. The van der Waals surface area contributed by atoms with E-state index in [4.69, 9.17) is 0 Å². The van der Waals surface area contributed by atoms with Crippen molar-refractivity contribution in [1.82, 2.24) is 4.98 Å². The molecule has 0 N–H and O–H groups in total. The third kappa shape index (κ3) is 2.63.